The molecule has 1 unspecified atom stereocenters. The highest BCUT2D eigenvalue weighted by molar-refractivity contribution is 5.51. The average molecular weight is 281 g/mol. The second-order valence-corrected chi connectivity index (χ2v) is 6.09. The van der Waals surface area contributed by atoms with Crippen LogP contribution >= 0.6 is 0 Å². The Morgan fingerprint density at radius 1 is 1.20 bits per heavy atom. The first kappa shape index (κ1) is 15.1. The third-order valence-corrected chi connectivity index (χ3v) is 4.13. The zero-order chi connectivity index (χ0) is 15.0. The van der Waals surface area contributed by atoms with Gasteiger partial charge in [-0.2, -0.15) is 0 Å². The third kappa shape index (κ3) is 2.62. The van der Waals surface area contributed by atoms with Gasteiger partial charge in [0.05, 0.1) is 14.2 Å². The van der Waals surface area contributed by atoms with Crippen LogP contribution in [-0.2, 0) is 11.2 Å². The van der Waals surface area contributed by atoms with Crippen LogP contribution in [-0.4, -0.2) is 20.8 Å². The molecule has 0 saturated carbocycles. The summed E-state index contributed by atoms with van der Waals surface area (Å²) in [6, 6.07) is 3.67. The number of halogens is 1. The van der Waals surface area contributed by atoms with Gasteiger partial charge in [0.1, 0.15) is 17.2 Å². The largest absolute Gasteiger partial charge is 0.496 e. The Morgan fingerprint density at radius 2 is 1.85 bits per heavy atom. The Morgan fingerprint density at radius 3 is 2.30 bits per heavy atom. The summed E-state index contributed by atoms with van der Waals surface area (Å²) in [5, 5.41) is 3.50. The summed E-state index contributed by atoms with van der Waals surface area (Å²) in [6.45, 7) is 6.20. The van der Waals surface area contributed by atoms with E-state index in [-0.39, 0.29) is 5.54 Å². The molecule has 3 nitrogen and oxygen atoms in total. The van der Waals surface area contributed by atoms with E-state index < -0.39 is 5.67 Å². The summed E-state index contributed by atoms with van der Waals surface area (Å²) in [7, 11) is 3.19. The van der Waals surface area contributed by atoms with Crippen LogP contribution in [0.25, 0.3) is 0 Å². The number of methoxy groups -OCH3 is 2. The fourth-order valence-electron chi connectivity index (χ4n) is 2.92. The maximum Gasteiger partial charge on any atom is 0.134 e. The highest BCUT2D eigenvalue weighted by Crippen LogP contribution is 2.43. The standard InChI is InChI=1S/C16H24FNO2/c1-15(2,17)11-9-12(16(3)7-6-8-18-16)14(20-5)10-13(11)19-4/h9-10,18H,6-8H2,1-5H3. The molecule has 1 aliphatic heterocycles. The van der Waals surface area contributed by atoms with E-state index in [1.165, 1.54) is 0 Å². The van der Waals surface area contributed by atoms with Crippen molar-refractivity contribution >= 4 is 0 Å². The van der Waals surface area contributed by atoms with Crippen molar-refractivity contribution in [1.29, 1.82) is 0 Å². The summed E-state index contributed by atoms with van der Waals surface area (Å²) in [4.78, 5) is 0. The topological polar surface area (TPSA) is 30.5 Å². The number of hydrogen-bond donors (Lipinski definition) is 1. The smallest absolute Gasteiger partial charge is 0.134 e. The van der Waals surface area contributed by atoms with Crippen LogP contribution in [0.3, 0.4) is 0 Å². The normalized spacial score (nSPS) is 22.9. The monoisotopic (exact) mass is 281 g/mol. The van der Waals surface area contributed by atoms with Gasteiger partial charge >= 0.3 is 0 Å². The van der Waals surface area contributed by atoms with Crippen LogP contribution in [0, 0.1) is 0 Å². The van der Waals surface area contributed by atoms with Crippen molar-refractivity contribution in [3.8, 4) is 11.5 Å². The molecular weight excluding hydrogens is 257 g/mol. The molecule has 0 aromatic heterocycles. The highest BCUT2D eigenvalue weighted by atomic mass is 19.1. The summed E-state index contributed by atoms with van der Waals surface area (Å²) in [5.74, 6) is 1.27. The molecule has 1 aromatic rings. The summed E-state index contributed by atoms with van der Waals surface area (Å²) >= 11 is 0. The molecule has 1 fully saturated rings. The molecule has 0 spiro atoms. The van der Waals surface area contributed by atoms with Crippen molar-refractivity contribution in [2.75, 3.05) is 20.8 Å². The van der Waals surface area contributed by atoms with Gasteiger partial charge in [-0.15, -0.1) is 0 Å². The Labute approximate surface area is 120 Å². The van der Waals surface area contributed by atoms with Crippen molar-refractivity contribution in [2.24, 2.45) is 0 Å². The van der Waals surface area contributed by atoms with E-state index in [1.54, 1.807) is 34.1 Å². The van der Waals surface area contributed by atoms with Gasteiger partial charge in [-0.05, 0) is 46.2 Å². The quantitative estimate of drug-likeness (QED) is 0.916. The molecule has 20 heavy (non-hydrogen) atoms. The van der Waals surface area contributed by atoms with E-state index in [9.17, 15) is 4.39 Å². The fourth-order valence-corrected chi connectivity index (χ4v) is 2.92. The molecule has 0 radical (unpaired) electrons. The summed E-state index contributed by atoms with van der Waals surface area (Å²) in [5.41, 5.74) is -0.0661. The van der Waals surface area contributed by atoms with Crippen LogP contribution in [0.1, 0.15) is 44.7 Å². The second-order valence-electron chi connectivity index (χ2n) is 6.09. The van der Waals surface area contributed by atoms with Gasteiger partial charge in [0, 0.05) is 22.7 Å². The minimum absolute atomic E-state index is 0.169. The lowest BCUT2D eigenvalue weighted by Crippen LogP contribution is -2.34. The molecule has 1 aromatic carbocycles. The molecule has 0 amide bonds. The predicted octanol–water partition coefficient (Wildman–Crippen LogP) is 3.51. The zero-order valence-electron chi connectivity index (χ0n) is 13.0. The lowest BCUT2D eigenvalue weighted by molar-refractivity contribution is 0.212. The zero-order valence-corrected chi connectivity index (χ0v) is 13.0. The number of ether oxygens (including phenoxy) is 2. The first-order chi connectivity index (χ1) is 9.31. The maximum atomic E-state index is 14.5. The average Bonchev–Trinajstić information content (AvgIpc) is 2.84. The Bertz CT molecular complexity index is 488. The summed E-state index contributed by atoms with van der Waals surface area (Å²) in [6.07, 6.45) is 2.13. The van der Waals surface area contributed by atoms with Gasteiger partial charge in [0.2, 0.25) is 0 Å². The number of hydrogen-bond acceptors (Lipinski definition) is 3. The Hall–Kier alpha value is -1.29. The highest BCUT2D eigenvalue weighted by Gasteiger charge is 2.35. The molecule has 0 aliphatic carbocycles. The maximum absolute atomic E-state index is 14.5. The van der Waals surface area contributed by atoms with E-state index in [1.807, 2.05) is 6.07 Å². The van der Waals surface area contributed by atoms with Crippen LogP contribution < -0.4 is 14.8 Å². The molecule has 1 N–H and O–H groups in total. The molecular formula is C16H24FNO2. The molecule has 0 bridgehead atoms. The van der Waals surface area contributed by atoms with Gasteiger partial charge in [-0.25, -0.2) is 4.39 Å². The van der Waals surface area contributed by atoms with Crippen LogP contribution in [0.4, 0.5) is 4.39 Å². The van der Waals surface area contributed by atoms with E-state index in [4.69, 9.17) is 9.47 Å². The minimum Gasteiger partial charge on any atom is -0.496 e. The van der Waals surface area contributed by atoms with Gasteiger partial charge in [0.25, 0.3) is 0 Å². The molecule has 1 atom stereocenters. The molecule has 1 saturated heterocycles. The van der Waals surface area contributed by atoms with Gasteiger partial charge in [-0.1, -0.05) is 0 Å². The number of benzene rings is 1. The van der Waals surface area contributed by atoms with E-state index in [0.29, 0.717) is 11.3 Å². The Balaban J connectivity index is 2.61. The number of nitrogens with one attached hydrogen (secondary N) is 1. The van der Waals surface area contributed by atoms with Crippen LogP contribution in [0.15, 0.2) is 12.1 Å². The van der Waals surface area contributed by atoms with Gasteiger partial charge < -0.3 is 14.8 Å². The van der Waals surface area contributed by atoms with Gasteiger partial charge in [0.15, 0.2) is 0 Å². The van der Waals surface area contributed by atoms with Crippen LogP contribution in [0.5, 0.6) is 11.5 Å². The molecule has 112 valence electrons. The number of rotatable bonds is 4. The number of alkyl halides is 1. The SMILES string of the molecule is COc1cc(OC)c(C2(C)CCCN2)cc1C(C)(C)F. The van der Waals surface area contributed by atoms with Crippen molar-refractivity contribution in [3.63, 3.8) is 0 Å². The second kappa shape index (κ2) is 5.24. The van der Waals surface area contributed by atoms with E-state index >= 15 is 0 Å². The lowest BCUT2D eigenvalue weighted by Gasteiger charge is -2.30. The van der Waals surface area contributed by atoms with Crippen LogP contribution in [0.2, 0.25) is 0 Å². The minimum atomic E-state index is -1.46. The molecule has 1 heterocycles. The van der Waals surface area contributed by atoms with E-state index in [2.05, 4.69) is 12.2 Å². The van der Waals surface area contributed by atoms with Gasteiger partial charge in [-0.3, -0.25) is 0 Å². The lowest BCUT2D eigenvalue weighted by atomic mass is 9.86. The summed E-state index contributed by atoms with van der Waals surface area (Å²) < 4.78 is 25.3. The van der Waals surface area contributed by atoms with Crippen molar-refractivity contribution < 1.29 is 13.9 Å². The molecule has 2 rings (SSSR count). The fraction of sp³-hybridized carbons (Fsp3) is 0.625. The molecule has 4 heteroatoms. The predicted molar refractivity (Wildman–Crippen MR) is 78.3 cm³/mol. The first-order valence-electron chi connectivity index (χ1n) is 7.03. The molecule has 1 aliphatic rings. The Kier molecular flexibility index (Phi) is 3.96. The van der Waals surface area contributed by atoms with Crippen molar-refractivity contribution in [1.82, 2.24) is 5.32 Å². The third-order valence-electron chi connectivity index (χ3n) is 4.13. The van der Waals surface area contributed by atoms with Crippen molar-refractivity contribution in [3.05, 3.63) is 23.3 Å². The van der Waals surface area contributed by atoms with E-state index in [0.717, 1.165) is 30.7 Å². The van der Waals surface area contributed by atoms with Crippen molar-refractivity contribution in [2.45, 2.75) is 44.8 Å². The first-order valence-corrected chi connectivity index (χ1v) is 7.03.